The van der Waals surface area contributed by atoms with E-state index in [9.17, 15) is 9.90 Å². The van der Waals surface area contributed by atoms with Crippen LogP contribution < -0.4 is 0 Å². The molecule has 1 N–H and O–H groups in total. The maximum absolute atomic E-state index is 12.7. The monoisotopic (exact) mass is 348 g/mol. The summed E-state index contributed by atoms with van der Waals surface area (Å²) in [4.78, 5) is 18.9. The Balaban J connectivity index is 1.39. The topological polar surface area (TPSA) is 71.2 Å². The zero-order valence-corrected chi connectivity index (χ0v) is 14.3. The fourth-order valence-electron chi connectivity index (χ4n) is 3.40. The molecule has 0 saturated carbocycles. The normalized spacial score (nSPS) is 15.2. The molecule has 0 radical (unpaired) electrons. The number of rotatable bonds is 3. The summed E-state index contributed by atoms with van der Waals surface area (Å²) in [6.45, 7) is 1.45. The average Bonchev–Trinajstić information content (AvgIpc) is 3.23. The smallest absolute Gasteiger partial charge is 0.255 e. The Morgan fingerprint density at radius 3 is 2.46 bits per heavy atom. The van der Waals surface area contributed by atoms with Gasteiger partial charge in [-0.25, -0.2) is 9.67 Å². The van der Waals surface area contributed by atoms with E-state index in [1.807, 2.05) is 35.4 Å². The number of aromatic hydroxyl groups is 1. The molecule has 3 aromatic rings. The molecular formula is C20H20N4O2. The van der Waals surface area contributed by atoms with Crippen molar-refractivity contribution in [3.63, 3.8) is 0 Å². The highest BCUT2D eigenvalue weighted by molar-refractivity contribution is 5.94. The van der Waals surface area contributed by atoms with E-state index in [0.717, 1.165) is 25.9 Å². The molecule has 1 aliphatic heterocycles. The number of nitrogens with zero attached hydrogens (tertiary/aromatic N) is 4. The highest BCUT2D eigenvalue weighted by atomic mass is 16.3. The van der Waals surface area contributed by atoms with Crippen LogP contribution in [0.1, 0.15) is 34.7 Å². The van der Waals surface area contributed by atoms with E-state index < -0.39 is 0 Å². The Morgan fingerprint density at radius 2 is 1.85 bits per heavy atom. The van der Waals surface area contributed by atoms with Crippen molar-refractivity contribution in [2.75, 3.05) is 13.1 Å². The van der Waals surface area contributed by atoms with Gasteiger partial charge >= 0.3 is 0 Å². The van der Waals surface area contributed by atoms with Gasteiger partial charge in [-0.3, -0.25) is 4.79 Å². The number of hydrogen-bond donors (Lipinski definition) is 1. The van der Waals surface area contributed by atoms with Crippen LogP contribution in [0, 0.1) is 0 Å². The van der Waals surface area contributed by atoms with Crippen LogP contribution in [0.25, 0.3) is 5.82 Å². The first-order chi connectivity index (χ1) is 12.7. The fraction of sp³-hybridized carbons (Fsp3) is 0.250. The lowest BCUT2D eigenvalue weighted by molar-refractivity contribution is 0.0712. The van der Waals surface area contributed by atoms with Gasteiger partial charge in [-0.15, -0.1) is 0 Å². The summed E-state index contributed by atoms with van der Waals surface area (Å²) < 4.78 is 1.66. The van der Waals surface area contributed by atoms with Gasteiger partial charge in [0, 0.05) is 31.7 Å². The predicted molar refractivity (Wildman–Crippen MR) is 97.3 cm³/mol. The average molecular weight is 348 g/mol. The van der Waals surface area contributed by atoms with Gasteiger partial charge in [0.15, 0.2) is 5.82 Å². The molecule has 1 aromatic carbocycles. The molecule has 0 unspecified atom stereocenters. The standard InChI is InChI=1S/C20H20N4O2/c25-18-5-2-15(3-6-18)16-8-12-23(13-9-16)20(26)17-4-7-19(21-14-17)24-11-1-10-22-24/h1-7,10-11,14,16,25H,8-9,12-13H2. The molecule has 0 aliphatic carbocycles. The van der Waals surface area contributed by atoms with E-state index >= 15 is 0 Å². The molecule has 0 atom stereocenters. The third-order valence-electron chi connectivity index (χ3n) is 4.88. The number of phenolic OH excluding ortho intramolecular Hbond substituents is 1. The van der Waals surface area contributed by atoms with Crippen molar-refractivity contribution < 1.29 is 9.90 Å². The highest BCUT2D eigenvalue weighted by Crippen LogP contribution is 2.29. The summed E-state index contributed by atoms with van der Waals surface area (Å²) in [5.74, 6) is 1.43. The van der Waals surface area contributed by atoms with Crippen molar-refractivity contribution in [3.8, 4) is 11.6 Å². The second-order valence-electron chi connectivity index (χ2n) is 6.51. The number of likely N-dealkylation sites (tertiary alicyclic amines) is 1. The first-order valence-corrected chi connectivity index (χ1v) is 8.75. The van der Waals surface area contributed by atoms with Crippen LogP contribution in [-0.2, 0) is 0 Å². The van der Waals surface area contributed by atoms with Crippen molar-refractivity contribution in [2.45, 2.75) is 18.8 Å². The zero-order valence-electron chi connectivity index (χ0n) is 14.3. The van der Waals surface area contributed by atoms with Crippen LogP contribution in [0.5, 0.6) is 5.75 Å². The Hall–Kier alpha value is -3.15. The van der Waals surface area contributed by atoms with Gasteiger partial charge < -0.3 is 10.0 Å². The maximum atomic E-state index is 12.7. The lowest BCUT2D eigenvalue weighted by Gasteiger charge is -2.32. The molecule has 26 heavy (non-hydrogen) atoms. The zero-order chi connectivity index (χ0) is 17.9. The number of phenols is 1. The third-order valence-corrected chi connectivity index (χ3v) is 4.88. The second kappa shape index (κ2) is 7.00. The Kier molecular flexibility index (Phi) is 4.39. The van der Waals surface area contributed by atoms with Gasteiger partial charge in [0.1, 0.15) is 5.75 Å². The molecule has 0 spiro atoms. The molecular weight excluding hydrogens is 328 g/mol. The van der Waals surface area contributed by atoms with E-state index in [1.165, 1.54) is 5.56 Å². The van der Waals surface area contributed by atoms with Crippen LogP contribution in [0.15, 0.2) is 61.1 Å². The van der Waals surface area contributed by atoms with Gasteiger partial charge in [0.25, 0.3) is 5.91 Å². The van der Waals surface area contributed by atoms with Crippen LogP contribution in [0.4, 0.5) is 0 Å². The first-order valence-electron chi connectivity index (χ1n) is 8.75. The minimum absolute atomic E-state index is 0.0219. The summed E-state index contributed by atoms with van der Waals surface area (Å²) >= 11 is 0. The lowest BCUT2D eigenvalue weighted by Crippen LogP contribution is -2.38. The Morgan fingerprint density at radius 1 is 1.08 bits per heavy atom. The van der Waals surface area contributed by atoms with E-state index in [0.29, 0.717) is 17.3 Å². The van der Waals surface area contributed by atoms with Crippen molar-refractivity contribution in [3.05, 3.63) is 72.2 Å². The number of carbonyl (C=O) groups excluding carboxylic acids is 1. The first kappa shape index (κ1) is 16.3. The highest BCUT2D eigenvalue weighted by Gasteiger charge is 2.24. The minimum atomic E-state index is 0.0219. The van der Waals surface area contributed by atoms with Crippen LogP contribution in [0.2, 0.25) is 0 Å². The molecule has 6 nitrogen and oxygen atoms in total. The summed E-state index contributed by atoms with van der Waals surface area (Å²) in [6, 6.07) is 12.8. The number of aromatic nitrogens is 3. The molecule has 4 rings (SSSR count). The van der Waals surface area contributed by atoms with Gasteiger partial charge in [0.05, 0.1) is 5.56 Å². The van der Waals surface area contributed by atoms with Crippen molar-refractivity contribution in [1.29, 1.82) is 0 Å². The van der Waals surface area contributed by atoms with Gasteiger partial charge in [-0.2, -0.15) is 5.10 Å². The van der Waals surface area contributed by atoms with E-state index in [1.54, 1.807) is 35.3 Å². The summed E-state index contributed by atoms with van der Waals surface area (Å²) in [7, 11) is 0. The largest absolute Gasteiger partial charge is 0.508 e. The van der Waals surface area contributed by atoms with Crippen LogP contribution in [-0.4, -0.2) is 43.8 Å². The number of pyridine rings is 1. The number of piperidine rings is 1. The van der Waals surface area contributed by atoms with Crippen molar-refractivity contribution in [2.24, 2.45) is 0 Å². The lowest BCUT2D eigenvalue weighted by atomic mass is 9.89. The summed E-state index contributed by atoms with van der Waals surface area (Å²) in [6.07, 6.45) is 6.98. The minimum Gasteiger partial charge on any atom is -0.508 e. The molecule has 6 heteroatoms. The quantitative estimate of drug-likeness (QED) is 0.790. The van der Waals surface area contributed by atoms with E-state index in [2.05, 4.69) is 10.1 Å². The van der Waals surface area contributed by atoms with Crippen LogP contribution >= 0.6 is 0 Å². The number of benzene rings is 1. The Labute approximate surface area is 151 Å². The molecule has 2 aromatic heterocycles. The third kappa shape index (κ3) is 3.31. The second-order valence-corrected chi connectivity index (χ2v) is 6.51. The molecule has 1 saturated heterocycles. The number of amides is 1. The summed E-state index contributed by atoms with van der Waals surface area (Å²) in [5.41, 5.74) is 1.82. The maximum Gasteiger partial charge on any atom is 0.255 e. The van der Waals surface area contributed by atoms with Gasteiger partial charge in [-0.05, 0) is 54.7 Å². The van der Waals surface area contributed by atoms with E-state index in [4.69, 9.17) is 0 Å². The molecule has 3 heterocycles. The predicted octanol–water partition coefficient (Wildman–Crippen LogP) is 2.99. The Bertz CT molecular complexity index is 865. The van der Waals surface area contributed by atoms with Crippen molar-refractivity contribution in [1.82, 2.24) is 19.7 Å². The van der Waals surface area contributed by atoms with Crippen molar-refractivity contribution >= 4 is 5.91 Å². The molecule has 1 aliphatic rings. The molecule has 1 amide bonds. The van der Waals surface area contributed by atoms with Crippen LogP contribution in [0.3, 0.4) is 0 Å². The molecule has 0 bridgehead atoms. The SMILES string of the molecule is O=C(c1ccc(-n2cccn2)nc1)N1CCC(c2ccc(O)cc2)CC1. The fourth-order valence-corrected chi connectivity index (χ4v) is 3.40. The van der Waals surface area contributed by atoms with Gasteiger partial charge in [0.2, 0.25) is 0 Å². The number of hydrogen-bond acceptors (Lipinski definition) is 4. The van der Waals surface area contributed by atoms with E-state index in [-0.39, 0.29) is 11.7 Å². The number of carbonyl (C=O) groups is 1. The van der Waals surface area contributed by atoms with Gasteiger partial charge in [-0.1, -0.05) is 12.1 Å². The molecule has 132 valence electrons. The summed E-state index contributed by atoms with van der Waals surface area (Å²) in [5, 5.41) is 13.5. The molecule has 1 fully saturated rings.